The van der Waals surface area contributed by atoms with Gasteiger partial charge in [0.25, 0.3) is 0 Å². The normalized spacial score (nSPS) is 15.8. The smallest absolute Gasteiger partial charge is 0.223 e. The van der Waals surface area contributed by atoms with Gasteiger partial charge >= 0.3 is 0 Å². The molecule has 0 saturated carbocycles. The first kappa shape index (κ1) is 15.5. The monoisotopic (exact) mass is 314 g/mol. The maximum Gasteiger partial charge on any atom is 0.223 e. The molecular weight excluding hydrogens is 292 g/mol. The average molecular weight is 314 g/mol. The highest BCUT2D eigenvalue weighted by molar-refractivity contribution is 5.79. The van der Waals surface area contributed by atoms with Gasteiger partial charge in [0.15, 0.2) is 0 Å². The van der Waals surface area contributed by atoms with Crippen molar-refractivity contribution < 1.29 is 9.59 Å². The Morgan fingerprint density at radius 3 is 2.78 bits per heavy atom. The number of piperidine rings is 1. The topological polar surface area (TPSA) is 66.7 Å². The van der Waals surface area contributed by atoms with Crippen LogP contribution >= 0.6 is 0 Å². The molecule has 122 valence electrons. The van der Waals surface area contributed by atoms with Crippen molar-refractivity contribution in [1.82, 2.24) is 19.6 Å². The number of pyridine rings is 1. The number of carbonyl (C=O) groups is 2. The van der Waals surface area contributed by atoms with Crippen LogP contribution in [0.4, 0.5) is 0 Å². The van der Waals surface area contributed by atoms with E-state index in [9.17, 15) is 9.59 Å². The van der Waals surface area contributed by atoms with Crippen molar-refractivity contribution >= 4 is 17.5 Å². The fourth-order valence-corrected chi connectivity index (χ4v) is 3.02. The van der Waals surface area contributed by atoms with E-state index in [1.165, 1.54) is 0 Å². The lowest BCUT2D eigenvalue weighted by Crippen LogP contribution is -2.42. The molecule has 6 heteroatoms. The van der Waals surface area contributed by atoms with Gasteiger partial charge in [0.2, 0.25) is 11.8 Å². The van der Waals surface area contributed by atoms with Gasteiger partial charge in [-0.05, 0) is 25.0 Å². The number of hydrogen-bond donors (Lipinski definition) is 1. The molecule has 0 spiro atoms. The Morgan fingerprint density at radius 2 is 2.09 bits per heavy atom. The van der Waals surface area contributed by atoms with Gasteiger partial charge in [-0.1, -0.05) is 6.07 Å². The molecule has 0 aliphatic carbocycles. The number of fused-ring (bicyclic) bond motifs is 1. The van der Waals surface area contributed by atoms with Crippen molar-refractivity contribution in [1.29, 1.82) is 0 Å². The second-order valence-corrected chi connectivity index (χ2v) is 6.02. The van der Waals surface area contributed by atoms with Gasteiger partial charge in [-0.3, -0.25) is 9.59 Å². The van der Waals surface area contributed by atoms with Crippen molar-refractivity contribution in [3.05, 3.63) is 36.3 Å². The summed E-state index contributed by atoms with van der Waals surface area (Å²) in [6, 6.07) is 5.89. The number of carbonyl (C=O) groups excluding carboxylic acids is 2. The lowest BCUT2D eigenvalue weighted by Gasteiger charge is -2.30. The number of rotatable bonds is 4. The van der Waals surface area contributed by atoms with Crippen LogP contribution in [0.25, 0.3) is 5.65 Å². The summed E-state index contributed by atoms with van der Waals surface area (Å²) in [5.41, 5.74) is 1.90. The highest BCUT2D eigenvalue weighted by Crippen LogP contribution is 2.17. The third-order valence-electron chi connectivity index (χ3n) is 4.41. The first-order valence-corrected chi connectivity index (χ1v) is 8.09. The minimum absolute atomic E-state index is 0.0201. The van der Waals surface area contributed by atoms with Gasteiger partial charge in [-0.2, -0.15) is 0 Å². The van der Waals surface area contributed by atoms with Gasteiger partial charge in [0.1, 0.15) is 5.65 Å². The molecule has 2 amide bonds. The zero-order chi connectivity index (χ0) is 16.2. The zero-order valence-electron chi connectivity index (χ0n) is 13.4. The van der Waals surface area contributed by atoms with Gasteiger partial charge < -0.3 is 14.6 Å². The van der Waals surface area contributed by atoms with E-state index < -0.39 is 0 Å². The van der Waals surface area contributed by atoms with Crippen LogP contribution in [0.2, 0.25) is 0 Å². The lowest BCUT2D eigenvalue weighted by molar-refractivity contribution is -0.133. The third-order valence-corrected chi connectivity index (χ3v) is 4.41. The van der Waals surface area contributed by atoms with E-state index >= 15 is 0 Å². The van der Waals surface area contributed by atoms with Crippen molar-refractivity contribution in [3.8, 4) is 0 Å². The molecule has 0 bridgehead atoms. The molecule has 6 nitrogen and oxygen atoms in total. The Hall–Kier alpha value is -2.37. The molecule has 2 aromatic heterocycles. The fraction of sp³-hybridized carbons (Fsp3) is 0.471. The van der Waals surface area contributed by atoms with E-state index in [2.05, 4.69) is 10.3 Å². The minimum atomic E-state index is 0.0201. The fourth-order valence-electron chi connectivity index (χ4n) is 3.02. The number of likely N-dealkylation sites (tertiary alicyclic amines) is 1. The predicted molar refractivity (Wildman–Crippen MR) is 86.9 cm³/mol. The van der Waals surface area contributed by atoms with Crippen LogP contribution in [0.5, 0.6) is 0 Å². The molecular formula is C17H22N4O2. The lowest BCUT2D eigenvalue weighted by atomic mass is 9.96. The van der Waals surface area contributed by atoms with Crippen LogP contribution in [0, 0.1) is 5.92 Å². The van der Waals surface area contributed by atoms with E-state index in [0.717, 1.165) is 30.6 Å². The maximum absolute atomic E-state index is 12.2. The molecule has 1 aliphatic heterocycles. The van der Waals surface area contributed by atoms with Crippen LogP contribution in [0.3, 0.4) is 0 Å². The first-order chi connectivity index (χ1) is 11.1. The summed E-state index contributed by atoms with van der Waals surface area (Å²) in [7, 11) is 0. The van der Waals surface area contributed by atoms with Gasteiger partial charge in [-0.15, -0.1) is 0 Å². The number of nitrogens with zero attached hydrogens (tertiary/aromatic N) is 3. The Morgan fingerprint density at radius 1 is 1.30 bits per heavy atom. The summed E-state index contributed by atoms with van der Waals surface area (Å²) in [5, 5.41) is 3.00. The Labute approximate surface area is 135 Å². The number of amides is 2. The molecule has 0 aromatic carbocycles. The SMILES string of the molecule is CC(=O)N1CCC(C(=O)NCCc2cn3ccccc3n2)CC1. The summed E-state index contributed by atoms with van der Waals surface area (Å²) in [5.74, 6) is 0.208. The van der Waals surface area contributed by atoms with E-state index in [1.807, 2.05) is 35.0 Å². The van der Waals surface area contributed by atoms with Crippen LogP contribution in [0.15, 0.2) is 30.6 Å². The van der Waals surface area contributed by atoms with E-state index in [0.29, 0.717) is 19.6 Å². The largest absolute Gasteiger partial charge is 0.355 e. The predicted octanol–water partition coefficient (Wildman–Crippen LogP) is 1.25. The van der Waals surface area contributed by atoms with Crippen molar-refractivity contribution in [2.45, 2.75) is 26.2 Å². The van der Waals surface area contributed by atoms with Crippen LogP contribution in [-0.4, -0.2) is 45.7 Å². The second kappa shape index (κ2) is 6.81. The molecule has 0 unspecified atom stereocenters. The number of aromatic nitrogens is 2. The molecule has 1 saturated heterocycles. The van der Waals surface area contributed by atoms with Crippen LogP contribution < -0.4 is 5.32 Å². The molecule has 0 atom stereocenters. The van der Waals surface area contributed by atoms with Crippen LogP contribution in [0.1, 0.15) is 25.5 Å². The molecule has 23 heavy (non-hydrogen) atoms. The Bertz CT molecular complexity index is 668. The van der Waals surface area contributed by atoms with Crippen molar-refractivity contribution in [3.63, 3.8) is 0 Å². The summed E-state index contributed by atoms with van der Waals surface area (Å²) in [4.78, 5) is 29.8. The van der Waals surface area contributed by atoms with E-state index in [-0.39, 0.29) is 17.7 Å². The highest BCUT2D eigenvalue weighted by Gasteiger charge is 2.25. The van der Waals surface area contributed by atoms with E-state index in [1.54, 1.807) is 11.8 Å². The standard InChI is InChI=1S/C17H22N4O2/c1-13(22)20-10-6-14(7-11-20)17(23)18-8-5-15-12-21-9-3-2-4-16(21)19-15/h2-4,9,12,14H,5-8,10-11H2,1H3,(H,18,23). The number of nitrogens with one attached hydrogen (secondary N) is 1. The molecule has 3 heterocycles. The minimum Gasteiger partial charge on any atom is -0.355 e. The summed E-state index contributed by atoms with van der Waals surface area (Å²) in [6.45, 7) is 3.53. The number of hydrogen-bond acceptors (Lipinski definition) is 3. The van der Waals surface area contributed by atoms with E-state index in [4.69, 9.17) is 0 Å². The quantitative estimate of drug-likeness (QED) is 0.923. The zero-order valence-corrected chi connectivity index (χ0v) is 13.4. The highest BCUT2D eigenvalue weighted by atomic mass is 16.2. The number of imidazole rings is 1. The molecule has 0 radical (unpaired) electrons. The van der Waals surface area contributed by atoms with Gasteiger partial charge in [-0.25, -0.2) is 4.98 Å². The third kappa shape index (κ3) is 3.70. The Balaban J connectivity index is 1.45. The molecule has 3 rings (SSSR count). The summed E-state index contributed by atoms with van der Waals surface area (Å²) < 4.78 is 1.98. The molecule has 1 aliphatic rings. The van der Waals surface area contributed by atoms with Gasteiger partial charge in [0.05, 0.1) is 5.69 Å². The van der Waals surface area contributed by atoms with Gasteiger partial charge in [0, 0.05) is 51.3 Å². The van der Waals surface area contributed by atoms with Crippen LogP contribution in [-0.2, 0) is 16.0 Å². The Kier molecular flexibility index (Phi) is 4.60. The first-order valence-electron chi connectivity index (χ1n) is 8.09. The maximum atomic E-state index is 12.2. The summed E-state index contributed by atoms with van der Waals surface area (Å²) in [6.07, 6.45) is 6.18. The average Bonchev–Trinajstić information content (AvgIpc) is 2.97. The molecule has 1 fully saturated rings. The molecule has 2 aromatic rings. The van der Waals surface area contributed by atoms with Crippen molar-refractivity contribution in [2.75, 3.05) is 19.6 Å². The summed E-state index contributed by atoms with van der Waals surface area (Å²) >= 11 is 0. The second-order valence-electron chi connectivity index (χ2n) is 6.02. The van der Waals surface area contributed by atoms with Crippen molar-refractivity contribution in [2.24, 2.45) is 5.92 Å². The molecule has 1 N–H and O–H groups in total.